The number of nitrogens with one attached hydrogen (secondary N) is 1. The summed E-state index contributed by atoms with van der Waals surface area (Å²) in [7, 11) is 0. The van der Waals surface area contributed by atoms with Gasteiger partial charge in [-0.05, 0) is 24.3 Å². The van der Waals surface area contributed by atoms with Crippen LogP contribution in [0.3, 0.4) is 0 Å². The molecule has 0 saturated carbocycles. The van der Waals surface area contributed by atoms with Crippen LogP contribution in [0.25, 0.3) is 11.4 Å². The smallest absolute Gasteiger partial charge is 0.251 e. The van der Waals surface area contributed by atoms with Gasteiger partial charge in [-0.15, -0.1) is 0 Å². The Balaban J connectivity index is 2.50. The van der Waals surface area contributed by atoms with Gasteiger partial charge in [-0.2, -0.15) is 0 Å². The summed E-state index contributed by atoms with van der Waals surface area (Å²) in [6.45, 7) is 0. The zero-order chi connectivity index (χ0) is 9.97. The van der Waals surface area contributed by atoms with Crippen molar-refractivity contribution in [3.63, 3.8) is 0 Å². The minimum atomic E-state index is -0.192. The number of H-pyrrole nitrogens is 1. The normalized spacial score (nSPS) is 10.0. The molecule has 0 aliphatic heterocycles. The Morgan fingerprint density at radius 2 is 1.86 bits per heavy atom. The number of rotatable bonds is 1. The van der Waals surface area contributed by atoms with Crippen molar-refractivity contribution in [1.82, 2.24) is 9.97 Å². The van der Waals surface area contributed by atoms with Crippen LogP contribution in [0.15, 0.2) is 41.3 Å². The minimum Gasteiger partial charge on any atom is -0.508 e. The van der Waals surface area contributed by atoms with Crippen LogP contribution in [0.2, 0.25) is 0 Å². The van der Waals surface area contributed by atoms with Crippen molar-refractivity contribution in [3.8, 4) is 17.1 Å². The third-order valence-electron chi connectivity index (χ3n) is 1.81. The molecule has 2 rings (SSSR count). The van der Waals surface area contributed by atoms with Crippen molar-refractivity contribution < 1.29 is 5.11 Å². The highest BCUT2D eigenvalue weighted by Crippen LogP contribution is 2.16. The molecular weight excluding hydrogens is 180 g/mol. The fraction of sp³-hybridized carbons (Fsp3) is 0. The first kappa shape index (κ1) is 8.50. The van der Waals surface area contributed by atoms with E-state index in [1.165, 1.54) is 12.3 Å². The Hall–Kier alpha value is -2.10. The van der Waals surface area contributed by atoms with E-state index in [0.717, 1.165) is 5.56 Å². The fourth-order valence-corrected chi connectivity index (χ4v) is 1.14. The van der Waals surface area contributed by atoms with Crippen molar-refractivity contribution in [2.75, 3.05) is 0 Å². The van der Waals surface area contributed by atoms with Crippen molar-refractivity contribution in [3.05, 3.63) is 46.9 Å². The molecule has 1 aromatic carbocycles. The number of hydrogen-bond acceptors (Lipinski definition) is 3. The zero-order valence-corrected chi connectivity index (χ0v) is 7.27. The van der Waals surface area contributed by atoms with Gasteiger partial charge in [-0.1, -0.05) is 0 Å². The molecule has 14 heavy (non-hydrogen) atoms. The molecule has 0 atom stereocenters. The number of hydrogen-bond donors (Lipinski definition) is 2. The van der Waals surface area contributed by atoms with Gasteiger partial charge in [0.15, 0.2) is 0 Å². The number of aromatic hydroxyl groups is 1. The van der Waals surface area contributed by atoms with E-state index in [1.54, 1.807) is 24.3 Å². The maximum Gasteiger partial charge on any atom is 0.251 e. The van der Waals surface area contributed by atoms with Gasteiger partial charge in [0.05, 0.1) is 0 Å². The van der Waals surface area contributed by atoms with Gasteiger partial charge in [0.25, 0.3) is 5.56 Å². The summed E-state index contributed by atoms with van der Waals surface area (Å²) in [6, 6.07) is 7.82. The fourth-order valence-electron chi connectivity index (χ4n) is 1.14. The lowest BCUT2D eigenvalue weighted by molar-refractivity contribution is 0.475. The molecule has 70 valence electrons. The molecule has 0 amide bonds. The summed E-state index contributed by atoms with van der Waals surface area (Å²) in [6.07, 6.45) is 1.45. The minimum absolute atomic E-state index is 0.187. The highest BCUT2D eigenvalue weighted by Gasteiger charge is 1.98. The Morgan fingerprint density at radius 1 is 1.14 bits per heavy atom. The second-order valence-corrected chi connectivity index (χ2v) is 2.83. The molecule has 0 aliphatic rings. The van der Waals surface area contributed by atoms with E-state index < -0.39 is 0 Å². The van der Waals surface area contributed by atoms with Crippen LogP contribution in [0.1, 0.15) is 0 Å². The lowest BCUT2D eigenvalue weighted by Crippen LogP contribution is -2.05. The van der Waals surface area contributed by atoms with E-state index >= 15 is 0 Å². The van der Waals surface area contributed by atoms with Gasteiger partial charge in [-0.25, -0.2) is 4.98 Å². The van der Waals surface area contributed by atoms with E-state index in [9.17, 15) is 4.79 Å². The molecule has 0 fully saturated rings. The van der Waals surface area contributed by atoms with Crippen LogP contribution in [0.5, 0.6) is 5.75 Å². The summed E-state index contributed by atoms with van der Waals surface area (Å²) in [5.74, 6) is 0.685. The summed E-state index contributed by atoms with van der Waals surface area (Å²) in [5, 5.41) is 9.07. The van der Waals surface area contributed by atoms with E-state index in [1.807, 2.05) is 0 Å². The van der Waals surface area contributed by atoms with E-state index in [-0.39, 0.29) is 11.3 Å². The number of aromatic nitrogens is 2. The average molecular weight is 188 g/mol. The predicted molar refractivity (Wildman–Crippen MR) is 52.0 cm³/mol. The monoisotopic (exact) mass is 188 g/mol. The molecule has 0 saturated heterocycles. The van der Waals surface area contributed by atoms with Gasteiger partial charge < -0.3 is 10.1 Å². The largest absolute Gasteiger partial charge is 0.508 e. The number of nitrogens with zero attached hydrogens (tertiary/aromatic N) is 1. The molecule has 0 unspecified atom stereocenters. The second-order valence-electron chi connectivity index (χ2n) is 2.83. The molecule has 1 heterocycles. The average Bonchev–Trinajstić information content (AvgIpc) is 2.19. The first-order chi connectivity index (χ1) is 6.75. The maximum absolute atomic E-state index is 11.0. The lowest BCUT2D eigenvalue weighted by atomic mass is 10.2. The molecule has 0 radical (unpaired) electrons. The third kappa shape index (κ3) is 1.64. The number of phenols is 1. The molecule has 2 N–H and O–H groups in total. The van der Waals surface area contributed by atoms with Gasteiger partial charge in [-0.3, -0.25) is 4.79 Å². The quantitative estimate of drug-likeness (QED) is 0.705. The Kier molecular flexibility index (Phi) is 2.02. The second kappa shape index (κ2) is 3.33. The number of aromatic amines is 1. The zero-order valence-electron chi connectivity index (χ0n) is 7.27. The predicted octanol–water partition coefficient (Wildman–Crippen LogP) is 1.14. The SMILES string of the molecule is O=c1ccnc(-c2ccc(O)cc2)[nH]1. The molecule has 4 heteroatoms. The molecule has 0 aliphatic carbocycles. The summed E-state index contributed by atoms with van der Waals surface area (Å²) < 4.78 is 0. The van der Waals surface area contributed by atoms with Crippen LogP contribution in [0, 0.1) is 0 Å². The summed E-state index contributed by atoms with van der Waals surface area (Å²) in [5.41, 5.74) is 0.573. The van der Waals surface area contributed by atoms with Gasteiger partial charge >= 0.3 is 0 Å². The highest BCUT2D eigenvalue weighted by molar-refractivity contribution is 5.55. The third-order valence-corrected chi connectivity index (χ3v) is 1.81. The molecule has 0 spiro atoms. The Labute approximate surface area is 79.9 Å². The standard InChI is InChI=1S/C10H8N2O2/c13-8-3-1-7(2-4-8)10-11-6-5-9(14)12-10/h1-6,13H,(H,11,12,14). The van der Waals surface area contributed by atoms with Crippen molar-refractivity contribution in [2.24, 2.45) is 0 Å². The molecule has 0 bridgehead atoms. The van der Waals surface area contributed by atoms with Gasteiger partial charge in [0, 0.05) is 17.8 Å². The Morgan fingerprint density at radius 3 is 2.50 bits per heavy atom. The molecule has 4 nitrogen and oxygen atoms in total. The maximum atomic E-state index is 11.0. The highest BCUT2D eigenvalue weighted by atomic mass is 16.3. The lowest BCUT2D eigenvalue weighted by Gasteiger charge is -1.99. The van der Waals surface area contributed by atoms with Crippen LogP contribution in [-0.4, -0.2) is 15.1 Å². The van der Waals surface area contributed by atoms with Crippen molar-refractivity contribution in [2.45, 2.75) is 0 Å². The van der Waals surface area contributed by atoms with Crippen molar-refractivity contribution >= 4 is 0 Å². The van der Waals surface area contributed by atoms with Crippen LogP contribution >= 0.6 is 0 Å². The molecule has 1 aromatic heterocycles. The summed E-state index contributed by atoms with van der Waals surface area (Å²) >= 11 is 0. The van der Waals surface area contributed by atoms with E-state index in [4.69, 9.17) is 5.11 Å². The van der Waals surface area contributed by atoms with E-state index in [0.29, 0.717) is 5.82 Å². The number of benzene rings is 1. The first-order valence-corrected chi connectivity index (χ1v) is 4.10. The molecule has 2 aromatic rings. The number of phenolic OH excluding ortho intramolecular Hbond substituents is 1. The molecular formula is C10H8N2O2. The van der Waals surface area contributed by atoms with Gasteiger partial charge in [0.1, 0.15) is 11.6 Å². The van der Waals surface area contributed by atoms with Gasteiger partial charge in [0.2, 0.25) is 0 Å². The van der Waals surface area contributed by atoms with Crippen LogP contribution < -0.4 is 5.56 Å². The van der Waals surface area contributed by atoms with Crippen molar-refractivity contribution in [1.29, 1.82) is 0 Å². The first-order valence-electron chi connectivity index (χ1n) is 4.10. The Bertz CT molecular complexity index is 488. The van der Waals surface area contributed by atoms with Crippen LogP contribution in [-0.2, 0) is 0 Å². The topological polar surface area (TPSA) is 66.0 Å². The van der Waals surface area contributed by atoms with Crippen LogP contribution in [0.4, 0.5) is 0 Å². The van der Waals surface area contributed by atoms with E-state index in [2.05, 4.69) is 9.97 Å². The summed E-state index contributed by atoms with van der Waals surface area (Å²) in [4.78, 5) is 17.6.